The Bertz CT molecular complexity index is 283. The Kier molecular flexibility index (Phi) is 8.39. The van der Waals surface area contributed by atoms with E-state index in [1.54, 1.807) is 13.3 Å². The van der Waals surface area contributed by atoms with Crippen molar-refractivity contribution < 1.29 is 18.9 Å². The number of carboxylic acid groups (broad SMARTS) is 1. The van der Waals surface area contributed by atoms with Gasteiger partial charge in [0.15, 0.2) is 0 Å². The molecule has 7 heteroatoms. The molecule has 0 aliphatic carbocycles. The van der Waals surface area contributed by atoms with Crippen molar-refractivity contribution in [2.24, 2.45) is 0 Å². The molecular formula is C10H20N2O4S. The summed E-state index contributed by atoms with van der Waals surface area (Å²) >= 11 is 0. The van der Waals surface area contributed by atoms with Gasteiger partial charge in [0.2, 0.25) is 0 Å². The molecule has 0 aromatic rings. The smallest absolute Gasteiger partial charge is 0.317 e. The number of hydrogen-bond acceptors (Lipinski definition) is 3. The fourth-order valence-electron chi connectivity index (χ4n) is 1.17. The Morgan fingerprint density at radius 1 is 1.35 bits per heavy atom. The molecule has 0 rings (SSSR count). The zero-order valence-corrected chi connectivity index (χ0v) is 11.1. The van der Waals surface area contributed by atoms with Crippen LogP contribution in [-0.2, 0) is 15.6 Å². The van der Waals surface area contributed by atoms with E-state index >= 15 is 0 Å². The van der Waals surface area contributed by atoms with Gasteiger partial charge in [0.1, 0.15) is 0 Å². The van der Waals surface area contributed by atoms with Crippen LogP contribution in [0.2, 0.25) is 0 Å². The molecule has 0 spiro atoms. The third kappa shape index (κ3) is 9.80. The van der Waals surface area contributed by atoms with Gasteiger partial charge >= 0.3 is 12.0 Å². The maximum Gasteiger partial charge on any atom is 0.317 e. The lowest BCUT2D eigenvalue weighted by Crippen LogP contribution is -2.38. The summed E-state index contributed by atoms with van der Waals surface area (Å²) in [6.45, 7) is 0.902. The molecule has 0 aromatic heterocycles. The summed E-state index contributed by atoms with van der Waals surface area (Å²) in [7, 11) is 0.789. The van der Waals surface area contributed by atoms with Gasteiger partial charge in [-0.25, -0.2) is 4.79 Å². The molecule has 2 amide bonds. The topological polar surface area (TPSA) is 86.7 Å². The highest BCUT2D eigenvalue weighted by Crippen LogP contribution is 1.93. The average Bonchev–Trinajstić information content (AvgIpc) is 2.23. The van der Waals surface area contributed by atoms with Gasteiger partial charge in [0.25, 0.3) is 0 Å². The van der Waals surface area contributed by atoms with Crippen molar-refractivity contribution in [3.8, 4) is 0 Å². The number of amides is 2. The summed E-state index contributed by atoms with van der Waals surface area (Å²) in [5, 5.41) is 11.1. The first-order valence-electron chi connectivity index (χ1n) is 5.44. The van der Waals surface area contributed by atoms with Gasteiger partial charge in [-0.3, -0.25) is 9.00 Å². The molecule has 6 nitrogen and oxygen atoms in total. The Morgan fingerprint density at radius 3 is 2.53 bits per heavy atom. The number of carbonyl (C=O) groups is 2. The summed E-state index contributed by atoms with van der Waals surface area (Å²) in [6.07, 6.45) is 2.81. The Hall–Kier alpha value is -1.11. The van der Waals surface area contributed by atoms with Crippen LogP contribution in [0, 0.1) is 0 Å². The number of carboxylic acids is 1. The van der Waals surface area contributed by atoms with Crippen LogP contribution in [0.1, 0.15) is 19.3 Å². The van der Waals surface area contributed by atoms with E-state index in [-0.39, 0.29) is 12.5 Å². The van der Waals surface area contributed by atoms with Gasteiger partial charge in [0.05, 0.1) is 0 Å². The van der Waals surface area contributed by atoms with Crippen molar-refractivity contribution >= 4 is 22.8 Å². The zero-order chi connectivity index (χ0) is 13.3. The number of aliphatic carboxylic acids is 1. The van der Waals surface area contributed by atoms with Crippen molar-refractivity contribution in [2.75, 3.05) is 32.1 Å². The van der Waals surface area contributed by atoms with E-state index in [0.717, 1.165) is 0 Å². The van der Waals surface area contributed by atoms with E-state index in [2.05, 4.69) is 5.32 Å². The summed E-state index contributed by atoms with van der Waals surface area (Å²) < 4.78 is 10.8. The lowest BCUT2D eigenvalue weighted by atomic mass is 10.3. The number of urea groups is 1. The van der Waals surface area contributed by atoms with E-state index in [4.69, 9.17) is 5.11 Å². The van der Waals surface area contributed by atoms with Crippen LogP contribution < -0.4 is 5.32 Å². The highest BCUT2D eigenvalue weighted by atomic mass is 32.2. The molecule has 0 fully saturated rings. The van der Waals surface area contributed by atoms with Crippen molar-refractivity contribution in [3.63, 3.8) is 0 Å². The van der Waals surface area contributed by atoms with Crippen LogP contribution in [0.15, 0.2) is 0 Å². The molecule has 0 radical (unpaired) electrons. The maximum atomic E-state index is 11.5. The lowest BCUT2D eigenvalue weighted by molar-refractivity contribution is -0.137. The highest BCUT2D eigenvalue weighted by molar-refractivity contribution is 7.84. The first kappa shape index (κ1) is 15.9. The molecule has 0 aromatic carbocycles. The number of rotatable bonds is 8. The minimum atomic E-state index is -0.857. The first-order chi connectivity index (χ1) is 7.93. The number of nitrogens with zero attached hydrogens (tertiary/aromatic N) is 1. The molecule has 0 saturated heterocycles. The van der Waals surface area contributed by atoms with Crippen LogP contribution >= 0.6 is 0 Å². The molecule has 100 valence electrons. The van der Waals surface area contributed by atoms with Gasteiger partial charge in [-0.15, -0.1) is 0 Å². The molecule has 1 unspecified atom stereocenters. The largest absolute Gasteiger partial charge is 0.481 e. The van der Waals surface area contributed by atoms with Gasteiger partial charge in [-0.2, -0.15) is 0 Å². The number of hydrogen-bond donors (Lipinski definition) is 2. The summed E-state index contributed by atoms with van der Waals surface area (Å²) in [6, 6.07) is -0.225. The molecular weight excluding hydrogens is 244 g/mol. The molecule has 2 N–H and O–H groups in total. The van der Waals surface area contributed by atoms with Crippen LogP contribution in [-0.4, -0.2) is 58.4 Å². The first-order valence-corrected chi connectivity index (χ1v) is 7.17. The second kappa shape index (κ2) is 8.98. The normalized spacial score (nSPS) is 11.9. The second-order valence-electron chi connectivity index (χ2n) is 3.78. The van der Waals surface area contributed by atoms with E-state index in [1.807, 2.05) is 0 Å². The molecule has 0 bridgehead atoms. The van der Waals surface area contributed by atoms with Crippen molar-refractivity contribution in [2.45, 2.75) is 19.3 Å². The van der Waals surface area contributed by atoms with Gasteiger partial charge in [-0.05, 0) is 12.8 Å². The number of carbonyl (C=O) groups excluding carboxylic acids is 1. The van der Waals surface area contributed by atoms with Gasteiger partial charge < -0.3 is 15.3 Å². The fraction of sp³-hybridized carbons (Fsp3) is 0.800. The van der Waals surface area contributed by atoms with E-state index in [1.165, 1.54) is 4.90 Å². The van der Waals surface area contributed by atoms with Crippen LogP contribution in [0.25, 0.3) is 0 Å². The molecule has 1 atom stereocenters. The van der Waals surface area contributed by atoms with Crippen molar-refractivity contribution in [3.05, 3.63) is 0 Å². The number of nitrogens with one attached hydrogen (secondary N) is 1. The molecule has 0 heterocycles. The summed E-state index contributed by atoms with van der Waals surface area (Å²) in [5.74, 6) is -0.285. The zero-order valence-electron chi connectivity index (χ0n) is 10.3. The third-order valence-corrected chi connectivity index (χ3v) is 2.98. The Labute approximate surface area is 104 Å². The molecule has 17 heavy (non-hydrogen) atoms. The van der Waals surface area contributed by atoms with Gasteiger partial charge in [-0.1, -0.05) is 0 Å². The lowest BCUT2D eigenvalue weighted by Gasteiger charge is -2.17. The van der Waals surface area contributed by atoms with Crippen molar-refractivity contribution in [1.29, 1.82) is 0 Å². The SMILES string of the molecule is CN(CCCC(=O)O)C(=O)NCCCS(C)=O. The average molecular weight is 264 g/mol. The van der Waals surface area contributed by atoms with Crippen LogP contribution in [0.5, 0.6) is 0 Å². The molecule has 0 aliphatic rings. The second-order valence-corrected chi connectivity index (χ2v) is 5.34. The quantitative estimate of drug-likeness (QED) is 0.616. The standard InChI is InChI=1S/C10H20N2O4S/c1-12(7-3-5-9(13)14)10(15)11-6-4-8-17(2)16/h3-8H2,1-2H3,(H,11,15)(H,13,14). The van der Waals surface area contributed by atoms with E-state index in [9.17, 15) is 13.8 Å². The van der Waals surface area contributed by atoms with E-state index in [0.29, 0.717) is 31.7 Å². The van der Waals surface area contributed by atoms with Gasteiger partial charge in [0, 0.05) is 49.4 Å². The minimum absolute atomic E-state index is 0.0619. The molecule has 0 saturated carbocycles. The Morgan fingerprint density at radius 2 is 2.00 bits per heavy atom. The Balaban J connectivity index is 3.60. The fourth-order valence-corrected chi connectivity index (χ4v) is 1.73. The highest BCUT2D eigenvalue weighted by Gasteiger charge is 2.07. The predicted molar refractivity (Wildman–Crippen MR) is 66.4 cm³/mol. The summed E-state index contributed by atoms with van der Waals surface area (Å²) in [5.41, 5.74) is 0. The van der Waals surface area contributed by atoms with E-state index < -0.39 is 16.8 Å². The minimum Gasteiger partial charge on any atom is -0.481 e. The predicted octanol–water partition coefficient (Wildman–Crippen LogP) is 0.261. The monoisotopic (exact) mass is 264 g/mol. The summed E-state index contributed by atoms with van der Waals surface area (Å²) in [4.78, 5) is 23.2. The molecule has 0 aliphatic heterocycles. The maximum absolute atomic E-state index is 11.5. The van der Waals surface area contributed by atoms with Crippen LogP contribution in [0.3, 0.4) is 0 Å². The van der Waals surface area contributed by atoms with Crippen LogP contribution in [0.4, 0.5) is 4.79 Å². The third-order valence-electron chi connectivity index (χ3n) is 2.12. The van der Waals surface area contributed by atoms with Crippen molar-refractivity contribution in [1.82, 2.24) is 10.2 Å².